The Balaban J connectivity index is 3.20. The van der Waals surface area contributed by atoms with Crippen molar-refractivity contribution >= 4 is 17.7 Å². The summed E-state index contributed by atoms with van der Waals surface area (Å²) in [5, 5.41) is 9.61. The lowest BCUT2D eigenvalue weighted by molar-refractivity contribution is -0.131. The lowest BCUT2D eigenvalue weighted by Crippen LogP contribution is -1.84. The fourth-order valence-electron chi connectivity index (χ4n) is 0.203. The second-order valence-corrected chi connectivity index (χ2v) is 2.28. The maximum atomic E-state index is 9.77. The minimum absolute atomic E-state index is 0.883. The van der Waals surface area contributed by atoms with Gasteiger partial charge in [0.1, 0.15) is 0 Å². The largest absolute Gasteiger partial charge is 0.478 e. The standard InChI is InChI=1S/C5H8O2S/c1-2-8-4-3-5(6)7/h3-4H,2H2,1H3,(H,6,7)/b4-3+. The first kappa shape index (κ1) is 7.56. The average molecular weight is 132 g/mol. The molecular formula is C5H8O2S. The smallest absolute Gasteiger partial charge is 0.328 e. The summed E-state index contributed by atoms with van der Waals surface area (Å²) in [6, 6.07) is 0. The van der Waals surface area contributed by atoms with Crippen molar-refractivity contribution in [3.05, 3.63) is 11.5 Å². The molecule has 0 aromatic carbocycles. The Labute approximate surface area is 52.6 Å². The maximum Gasteiger partial charge on any atom is 0.328 e. The van der Waals surface area contributed by atoms with E-state index in [0.717, 1.165) is 11.8 Å². The molecule has 0 saturated heterocycles. The molecule has 0 aromatic rings. The van der Waals surface area contributed by atoms with Crippen molar-refractivity contribution in [3.63, 3.8) is 0 Å². The summed E-state index contributed by atoms with van der Waals surface area (Å²) in [5.74, 6) is 0.0370. The highest BCUT2D eigenvalue weighted by Gasteiger charge is 1.81. The van der Waals surface area contributed by atoms with Crippen molar-refractivity contribution in [3.8, 4) is 0 Å². The van der Waals surface area contributed by atoms with Gasteiger partial charge in [-0.3, -0.25) is 0 Å². The van der Waals surface area contributed by atoms with Gasteiger partial charge in [-0.15, -0.1) is 11.8 Å². The van der Waals surface area contributed by atoms with Crippen LogP contribution >= 0.6 is 11.8 Å². The number of thioether (sulfide) groups is 1. The molecule has 0 amide bonds. The molecular weight excluding hydrogens is 124 g/mol. The predicted octanol–water partition coefficient (Wildman–Crippen LogP) is 1.34. The molecule has 0 aliphatic carbocycles. The highest BCUT2D eigenvalue weighted by molar-refractivity contribution is 8.02. The lowest BCUT2D eigenvalue weighted by atomic mass is 10.7. The Bertz CT molecular complexity index is 98.6. The Kier molecular flexibility index (Phi) is 4.45. The molecule has 0 radical (unpaired) electrons. The minimum Gasteiger partial charge on any atom is -0.478 e. The van der Waals surface area contributed by atoms with Gasteiger partial charge in [0.05, 0.1) is 0 Å². The summed E-state index contributed by atoms with van der Waals surface area (Å²) >= 11 is 1.48. The van der Waals surface area contributed by atoms with Crippen LogP contribution in [0, 0.1) is 0 Å². The van der Waals surface area contributed by atoms with Crippen molar-refractivity contribution in [1.82, 2.24) is 0 Å². The van der Waals surface area contributed by atoms with Crippen LogP contribution in [0.1, 0.15) is 6.92 Å². The highest BCUT2D eigenvalue weighted by Crippen LogP contribution is 1.98. The van der Waals surface area contributed by atoms with Gasteiger partial charge in [0.15, 0.2) is 0 Å². The zero-order chi connectivity index (χ0) is 6.41. The molecule has 0 unspecified atom stereocenters. The van der Waals surface area contributed by atoms with Crippen molar-refractivity contribution in [2.45, 2.75) is 6.92 Å². The zero-order valence-electron chi connectivity index (χ0n) is 4.63. The first-order valence-corrected chi connectivity index (χ1v) is 3.33. The van der Waals surface area contributed by atoms with E-state index in [1.807, 2.05) is 6.92 Å². The predicted molar refractivity (Wildman–Crippen MR) is 34.9 cm³/mol. The van der Waals surface area contributed by atoms with Crippen molar-refractivity contribution in [2.75, 3.05) is 5.75 Å². The number of aliphatic carboxylic acids is 1. The molecule has 1 N–H and O–H groups in total. The second-order valence-electron chi connectivity index (χ2n) is 1.10. The van der Waals surface area contributed by atoms with E-state index < -0.39 is 5.97 Å². The van der Waals surface area contributed by atoms with Crippen LogP contribution < -0.4 is 0 Å². The Morgan fingerprint density at radius 2 is 2.50 bits per heavy atom. The van der Waals surface area contributed by atoms with E-state index in [1.165, 1.54) is 11.8 Å². The molecule has 8 heavy (non-hydrogen) atoms. The van der Waals surface area contributed by atoms with Crippen LogP contribution in [-0.2, 0) is 4.79 Å². The fourth-order valence-corrected chi connectivity index (χ4v) is 0.608. The van der Waals surface area contributed by atoms with Gasteiger partial charge in [-0.1, -0.05) is 6.92 Å². The monoisotopic (exact) mass is 132 g/mol. The van der Waals surface area contributed by atoms with E-state index in [0.29, 0.717) is 0 Å². The van der Waals surface area contributed by atoms with Crippen molar-refractivity contribution < 1.29 is 9.90 Å². The molecule has 0 aliphatic rings. The van der Waals surface area contributed by atoms with Gasteiger partial charge in [-0.25, -0.2) is 4.79 Å². The van der Waals surface area contributed by atoms with Gasteiger partial charge >= 0.3 is 5.97 Å². The van der Waals surface area contributed by atoms with E-state index >= 15 is 0 Å². The van der Waals surface area contributed by atoms with E-state index in [9.17, 15) is 4.79 Å². The van der Waals surface area contributed by atoms with Gasteiger partial charge in [0.25, 0.3) is 0 Å². The third kappa shape index (κ3) is 5.56. The van der Waals surface area contributed by atoms with E-state index in [4.69, 9.17) is 5.11 Å². The maximum absolute atomic E-state index is 9.77. The number of hydrogen-bond acceptors (Lipinski definition) is 2. The molecule has 0 rings (SSSR count). The van der Waals surface area contributed by atoms with Gasteiger partial charge in [0, 0.05) is 6.08 Å². The third-order valence-corrected chi connectivity index (χ3v) is 1.14. The minimum atomic E-state index is -0.883. The number of rotatable bonds is 3. The molecule has 46 valence electrons. The molecule has 3 heteroatoms. The first-order valence-electron chi connectivity index (χ1n) is 2.28. The molecule has 0 heterocycles. The summed E-state index contributed by atoms with van der Waals surface area (Å²) in [6.07, 6.45) is 1.13. The Morgan fingerprint density at radius 1 is 1.88 bits per heavy atom. The first-order chi connectivity index (χ1) is 3.77. The van der Waals surface area contributed by atoms with Gasteiger partial charge in [-0.05, 0) is 11.2 Å². The third-order valence-electron chi connectivity index (χ3n) is 0.474. The van der Waals surface area contributed by atoms with Crippen LogP contribution in [0.4, 0.5) is 0 Å². The SMILES string of the molecule is CCS/C=C/C(=O)O. The topological polar surface area (TPSA) is 37.3 Å². The average Bonchev–Trinajstić information content (AvgIpc) is 1.66. The summed E-state index contributed by atoms with van der Waals surface area (Å²) in [6.45, 7) is 1.97. The van der Waals surface area contributed by atoms with Gasteiger partial charge in [-0.2, -0.15) is 0 Å². The number of carboxylic acids is 1. The van der Waals surface area contributed by atoms with Crippen LogP contribution in [0.3, 0.4) is 0 Å². The van der Waals surface area contributed by atoms with Crippen molar-refractivity contribution in [1.29, 1.82) is 0 Å². The zero-order valence-corrected chi connectivity index (χ0v) is 5.44. The summed E-state index contributed by atoms with van der Waals surface area (Å²) in [7, 11) is 0. The quantitative estimate of drug-likeness (QED) is 0.589. The number of carbonyl (C=O) groups is 1. The molecule has 2 nitrogen and oxygen atoms in total. The fraction of sp³-hybridized carbons (Fsp3) is 0.400. The lowest BCUT2D eigenvalue weighted by Gasteiger charge is -1.79. The summed E-state index contributed by atoms with van der Waals surface area (Å²) in [4.78, 5) is 9.77. The molecule has 0 aliphatic heterocycles. The van der Waals surface area contributed by atoms with E-state index in [2.05, 4.69) is 0 Å². The second kappa shape index (κ2) is 4.71. The van der Waals surface area contributed by atoms with Crippen LogP contribution in [-0.4, -0.2) is 16.8 Å². The normalized spacial score (nSPS) is 10.1. The van der Waals surface area contributed by atoms with Crippen LogP contribution in [0.25, 0.3) is 0 Å². The highest BCUT2D eigenvalue weighted by atomic mass is 32.2. The number of hydrogen-bond donors (Lipinski definition) is 1. The van der Waals surface area contributed by atoms with E-state index in [1.54, 1.807) is 5.41 Å². The molecule has 0 saturated carbocycles. The Morgan fingerprint density at radius 3 is 2.88 bits per heavy atom. The molecule has 0 atom stereocenters. The summed E-state index contributed by atoms with van der Waals surface area (Å²) in [5.41, 5.74) is 0. The van der Waals surface area contributed by atoms with Gasteiger partial charge < -0.3 is 5.11 Å². The van der Waals surface area contributed by atoms with Crippen LogP contribution in [0.15, 0.2) is 11.5 Å². The van der Waals surface area contributed by atoms with Crippen LogP contribution in [0.2, 0.25) is 0 Å². The van der Waals surface area contributed by atoms with E-state index in [-0.39, 0.29) is 0 Å². The Hall–Kier alpha value is -0.440. The molecule has 0 spiro atoms. The van der Waals surface area contributed by atoms with Gasteiger partial charge in [0.2, 0.25) is 0 Å². The molecule has 0 aromatic heterocycles. The number of carboxylic acid groups (broad SMARTS) is 1. The molecule has 0 bridgehead atoms. The summed E-state index contributed by atoms with van der Waals surface area (Å²) < 4.78 is 0. The molecule has 0 fully saturated rings. The van der Waals surface area contributed by atoms with Crippen molar-refractivity contribution in [2.24, 2.45) is 0 Å². The van der Waals surface area contributed by atoms with Crippen LogP contribution in [0.5, 0.6) is 0 Å².